The second-order valence-electron chi connectivity index (χ2n) is 6.39. The van der Waals surface area contributed by atoms with Crippen molar-refractivity contribution in [2.24, 2.45) is 4.99 Å². The van der Waals surface area contributed by atoms with Gasteiger partial charge >= 0.3 is 0 Å². The van der Waals surface area contributed by atoms with Crippen LogP contribution in [0, 0.1) is 0 Å². The van der Waals surface area contributed by atoms with Gasteiger partial charge in [0.1, 0.15) is 0 Å². The largest absolute Gasteiger partial charge is 0.361 e. The summed E-state index contributed by atoms with van der Waals surface area (Å²) in [5.41, 5.74) is 3.33. The van der Waals surface area contributed by atoms with Crippen LogP contribution >= 0.6 is 46.9 Å². The lowest BCUT2D eigenvalue weighted by Gasteiger charge is -2.11. The lowest BCUT2D eigenvalue weighted by Crippen LogP contribution is -2.38. The minimum Gasteiger partial charge on any atom is -0.361 e. The third-order valence-corrected chi connectivity index (χ3v) is 5.37. The van der Waals surface area contributed by atoms with Crippen molar-refractivity contribution < 1.29 is 0 Å². The Hall–Kier alpha value is -1.52. The zero-order valence-corrected chi connectivity index (χ0v) is 20.2. The summed E-state index contributed by atoms with van der Waals surface area (Å²) in [6.45, 7) is 4.22. The molecule has 3 rings (SSSR count). The number of rotatable bonds is 7. The Bertz CT molecular complexity index is 920. The molecule has 0 amide bonds. The van der Waals surface area contributed by atoms with Crippen LogP contribution in [0.5, 0.6) is 0 Å². The fourth-order valence-electron chi connectivity index (χ4n) is 2.75. The second-order valence-corrected chi connectivity index (χ2v) is 7.66. The van der Waals surface area contributed by atoms with Crippen LogP contribution in [0.2, 0.25) is 5.02 Å². The Labute approximate surface area is 191 Å². The molecular formula is C19H26ClIN6S. The van der Waals surface area contributed by atoms with E-state index in [1.54, 1.807) is 11.3 Å². The first kappa shape index (κ1) is 22.8. The third-order valence-electron chi connectivity index (χ3n) is 4.08. The maximum atomic E-state index is 6.13. The van der Waals surface area contributed by atoms with Crippen molar-refractivity contribution in [2.45, 2.75) is 19.9 Å². The summed E-state index contributed by atoms with van der Waals surface area (Å²) in [5.74, 6) is 0.801. The smallest absolute Gasteiger partial charge is 0.191 e. The van der Waals surface area contributed by atoms with E-state index in [-0.39, 0.29) is 24.0 Å². The van der Waals surface area contributed by atoms with Crippen LogP contribution in [0.1, 0.15) is 18.2 Å². The molecule has 152 valence electrons. The van der Waals surface area contributed by atoms with E-state index in [1.165, 1.54) is 10.9 Å². The fourth-order valence-corrected chi connectivity index (χ4v) is 3.67. The van der Waals surface area contributed by atoms with Gasteiger partial charge in [-0.25, -0.2) is 9.98 Å². The monoisotopic (exact) mass is 532 g/mol. The molecule has 0 aliphatic heterocycles. The van der Waals surface area contributed by atoms with E-state index in [1.807, 2.05) is 43.4 Å². The lowest BCUT2D eigenvalue weighted by atomic mass is 10.1. The van der Waals surface area contributed by atoms with Crippen LogP contribution in [0.15, 0.2) is 34.8 Å². The molecule has 28 heavy (non-hydrogen) atoms. The zero-order valence-electron chi connectivity index (χ0n) is 16.3. The van der Waals surface area contributed by atoms with E-state index in [2.05, 4.69) is 37.9 Å². The summed E-state index contributed by atoms with van der Waals surface area (Å²) in [6.07, 6.45) is 2.93. The highest BCUT2D eigenvalue weighted by Gasteiger charge is 2.06. The van der Waals surface area contributed by atoms with Crippen LogP contribution in [-0.2, 0) is 13.0 Å². The van der Waals surface area contributed by atoms with Crippen molar-refractivity contribution in [1.82, 2.24) is 20.6 Å². The van der Waals surface area contributed by atoms with Crippen LogP contribution < -0.4 is 15.5 Å². The van der Waals surface area contributed by atoms with Crippen molar-refractivity contribution in [1.29, 1.82) is 0 Å². The van der Waals surface area contributed by atoms with E-state index >= 15 is 0 Å². The molecule has 0 spiro atoms. The van der Waals surface area contributed by atoms with Crippen molar-refractivity contribution in [3.63, 3.8) is 0 Å². The fraction of sp³-hybridized carbons (Fsp3) is 0.368. The first-order valence-corrected chi connectivity index (χ1v) is 10.2. The summed E-state index contributed by atoms with van der Waals surface area (Å²) in [5, 5.41) is 11.7. The van der Waals surface area contributed by atoms with Gasteiger partial charge in [0.05, 0.1) is 12.2 Å². The summed E-state index contributed by atoms with van der Waals surface area (Å²) >= 11 is 7.76. The molecule has 0 radical (unpaired) electrons. The van der Waals surface area contributed by atoms with Crippen LogP contribution in [0.3, 0.4) is 0 Å². The number of nitrogens with zero attached hydrogens (tertiary/aromatic N) is 3. The normalized spacial score (nSPS) is 11.4. The molecule has 9 heteroatoms. The summed E-state index contributed by atoms with van der Waals surface area (Å²) in [6, 6.07) is 5.92. The van der Waals surface area contributed by atoms with Crippen molar-refractivity contribution >= 4 is 68.9 Å². The molecular weight excluding hydrogens is 507 g/mol. The van der Waals surface area contributed by atoms with Gasteiger partial charge in [-0.1, -0.05) is 11.6 Å². The number of aliphatic imine (C=N–C) groups is 1. The summed E-state index contributed by atoms with van der Waals surface area (Å²) < 4.78 is 0. The molecule has 0 saturated heterocycles. The van der Waals surface area contributed by atoms with E-state index in [4.69, 9.17) is 11.6 Å². The molecule has 0 atom stereocenters. The molecule has 3 aromatic rings. The highest BCUT2D eigenvalue weighted by molar-refractivity contribution is 14.0. The number of anilines is 1. The maximum absolute atomic E-state index is 6.13. The standard InChI is InChI=1S/C19H25ClN6S.HI/c1-4-21-18(24-11-15-12-27-19(25-15)26(2)3)22-8-7-13-10-23-17-6-5-14(20)9-16(13)17;/h5-6,9-10,12,23H,4,7-8,11H2,1-3H3,(H2,21,22,24);1H. The number of benzene rings is 1. The van der Waals surface area contributed by atoms with Gasteiger partial charge in [-0.15, -0.1) is 35.3 Å². The predicted octanol–water partition coefficient (Wildman–Crippen LogP) is 4.26. The average Bonchev–Trinajstić information content (AvgIpc) is 3.27. The van der Waals surface area contributed by atoms with Crippen molar-refractivity contribution in [2.75, 3.05) is 32.1 Å². The maximum Gasteiger partial charge on any atom is 0.191 e. The first-order valence-electron chi connectivity index (χ1n) is 8.96. The van der Waals surface area contributed by atoms with Gasteiger partial charge in [0, 0.05) is 54.7 Å². The molecule has 2 aromatic heterocycles. The Morgan fingerprint density at radius 2 is 2.14 bits per heavy atom. The minimum absolute atomic E-state index is 0. The number of aromatic amines is 1. The molecule has 0 unspecified atom stereocenters. The van der Waals surface area contributed by atoms with Gasteiger partial charge < -0.3 is 20.5 Å². The van der Waals surface area contributed by atoms with Gasteiger partial charge in [0.25, 0.3) is 0 Å². The molecule has 3 N–H and O–H groups in total. The van der Waals surface area contributed by atoms with Gasteiger partial charge in [0.15, 0.2) is 11.1 Å². The average molecular weight is 533 g/mol. The Balaban J connectivity index is 0.00000280. The third kappa shape index (κ3) is 5.99. The quantitative estimate of drug-likeness (QED) is 0.242. The highest BCUT2D eigenvalue weighted by Crippen LogP contribution is 2.22. The van der Waals surface area contributed by atoms with Gasteiger partial charge in [-0.2, -0.15) is 0 Å². The Morgan fingerprint density at radius 3 is 2.86 bits per heavy atom. The van der Waals surface area contributed by atoms with Crippen molar-refractivity contribution in [3.8, 4) is 0 Å². The van der Waals surface area contributed by atoms with Gasteiger partial charge in [-0.3, -0.25) is 0 Å². The molecule has 0 aliphatic carbocycles. The minimum atomic E-state index is 0. The second kappa shape index (κ2) is 10.9. The van der Waals surface area contributed by atoms with E-state index in [0.717, 1.165) is 46.8 Å². The number of H-pyrrole nitrogens is 1. The predicted molar refractivity (Wildman–Crippen MR) is 132 cm³/mol. The molecule has 2 heterocycles. The molecule has 0 aliphatic rings. The molecule has 0 saturated carbocycles. The number of hydrogen-bond acceptors (Lipinski definition) is 4. The van der Waals surface area contributed by atoms with E-state index in [9.17, 15) is 0 Å². The SMILES string of the molecule is CCNC(=NCc1csc(N(C)C)n1)NCCc1c[nH]c2ccc(Cl)cc12.I. The number of nitrogens with one attached hydrogen (secondary N) is 3. The molecule has 1 aromatic carbocycles. The summed E-state index contributed by atoms with van der Waals surface area (Å²) in [4.78, 5) is 14.5. The van der Waals surface area contributed by atoms with Crippen molar-refractivity contribution in [3.05, 3.63) is 46.1 Å². The molecule has 0 bridgehead atoms. The first-order chi connectivity index (χ1) is 13.1. The van der Waals surface area contributed by atoms with E-state index < -0.39 is 0 Å². The topological polar surface area (TPSA) is 68.3 Å². The Kier molecular flexibility index (Phi) is 8.84. The molecule has 0 fully saturated rings. The number of guanidine groups is 1. The highest BCUT2D eigenvalue weighted by atomic mass is 127. The lowest BCUT2D eigenvalue weighted by molar-refractivity contribution is 0.799. The van der Waals surface area contributed by atoms with Gasteiger partial charge in [0.2, 0.25) is 0 Å². The summed E-state index contributed by atoms with van der Waals surface area (Å²) in [7, 11) is 3.99. The number of fused-ring (bicyclic) bond motifs is 1. The molecule has 6 nitrogen and oxygen atoms in total. The number of hydrogen-bond donors (Lipinski definition) is 3. The van der Waals surface area contributed by atoms with Crippen LogP contribution in [0.25, 0.3) is 10.9 Å². The van der Waals surface area contributed by atoms with Crippen LogP contribution in [-0.4, -0.2) is 43.1 Å². The zero-order chi connectivity index (χ0) is 19.2. The number of halogens is 2. The number of thiazole rings is 1. The number of aromatic nitrogens is 2. The van der Waals surface area contributed by atoms with Crippen LogP contribution in [0.4, 0.5) is 5.13 Å². The van der Waals surface area contributed by atoms with Gasteiger partial charge in [-0.05, 0) is 37.1 Å². The Morgan fingerprint density at radius 1 is 1.32 bits per heavy atom. The van der Waals surface area contributed by atoms with E-state index in [0.29, 0.717) is 6.54 Å².